The molecule has 0 unspecified atom stereocenters. The number of carbonyl (C=O) groups is 1. The first-order chi connectivity index (χ1) is 11.8. The van der Waals surface area contributed by atoms with Crippen LogP contribution in [0.25, 0.3) is 0 Å². The van der Waals surface area contributed by atoms with Gasteiger partial charge in [0.25, 0.3) is 0 Å². The van der Waals surface area contributed by atoms with Crippen molar-refractivity contribution in [2.45, 2.75) is 25.3 Å². The number of benzene rings is 2. The van der Waals surface area contributed by atoms with Crippen LogP contribution in [0.4, 0.5) is 0 Å². The summed E-state index contributed by atoms with van der Waals surface area (Å²) in [6, 6.07) is 16.3. The van der Waals surface area contributed by atoms with Crippen LogP contribution in [0.5, 0.6) is 0 Å². The number of likely N-dealkylation sites (N-methyl/N-ethyl adjacent to an activating group) is 2. The molecule has 0 radical (unpaired) electrons. The fourth-order valence-corrected chi connectivity index (χ4v) is 3.84. The molecule has 1 amide bonds. The number of hydrogen-bond donors (Lipinski definition) is 0. The molecule has 0 saturated carbocycles. The van der Waals surface area contributed by atoms with Gasteiger partial charge in [0, 0.05) is 20.1 Å². The molecule has 25 heavy (non-hydrogen) atoms. The third-order valence-corrected chi connectivity index (χ3v) is 5.95. The highest BCUT2D eigenvalue weighted by Gasteiger charge is 2.26. The predicted octanol–water partition coefficient (Wildman–Crippen LogP) is 2.66. The lowest BCUT2D eigenvalue weighted by atomic mass is 10.2. The molecule has 6 heteroatoms. The van der Waals surface area contributed by atoms with Crippen molar-refractivity contribution in [2.24, 2.45) is 0 Å². The summed E-state index contributed by atoms with van der Waals surface area (Å²) in [5.74, 6) is -0.235. The van der Waals surface area contributed by atoms with Crippen LogP contribution in [0, 0.1) is 6.92 Å². The van der Waals surface area contributed by atoms with Crippen molar-refractivity contribution in [1.29, 1.82) is 0 Å². The molecule has 0 fully saturated rings. The Labute approximate surface area is 149 Å². The van der Waals surface area contributed by atoms with Crippen LogP contribution in [0.1, 0.15) is 18.1 Å². The number of amides is 1. The summed E-state index contributed by atoms with van der Waals surface area (Å²) < 4.78 is 26.7. The minimum absolute atomic E-state index is 0.171. The molecule has 0 aliphatic heterocycles. The van der Waals surface area contributed by atoms with Gasteiger partial charge in [-0.1, -0.05) is 55.0 Å². The zero-order chi connectivity index (χ0) is 18.4. The van der Waals surface area contributed by atoms with Crippen molar-refractivity contribution in [3.63, 3.8) is 0 Å². The Morgan fingerprint density at radius 1 is 1.00 bits per heavy atom. The van der Waals surface area contributed by atoms with Crippen LogP contribution in [-0.4, -0.2) is 43.7 Å². The first-order valence-electron chi connectivity index (χ1n) is 8.19. The van der Waals surface area contributed by atoms with Crippen molar-refractivity contribution in [3.8, 4) is 0 Å². The van der Waals surface area contributed by atoms with Crippen LogP contribution in [0.15, 0.2) is 59.5 Å². The second-order valence-electron chi connectivity index (χ2n) is 5.98. The zero-order valence-corrected chi connectivity index (χ0v) is 15.7. The Morgan fingerprint density at radius 3 is 2.16 bits per heavy atom. The lowest BCUT2D eigenvalue weighted by molar-refractivity contribution is -0.130. The normalized spacial score (nSPS) is 11.5. The zero-order valence-electron chi connectivity index (χ0n) is 14.8. The summed E-state index contributed by atoms with van der Waals surface area (Å²) in [7, 11) is -2.00. The summed E-state index contributed by atoms with van der Waals surface area (Å²) in [6.45, 7) is 4.14. The van der Waals surface area contributed by atoms with Crippen molar-refractivity contribution >= 4 is 15.9 Å². The summed E-state index contributed by atoms with van der Waals surface area (Å²) in [6.07, 6.45) is 0. The number of rotatable bonds is 7. The highest BCUT2D eigenvalue weighted by Crippen LogP contribution is 2.16. The topological polar surface area (TPSA) is 57.7 Å². The van der Waals surface area contributed by atoms with Crippen LogP contribution < -0.4 is 0 Å². The average molecular weight is 360 g/mol. The van der Waals surface area contributed by atoms with Gasteiger partial charge in [0.15, 0.2) is 0 Å². The number of sulfonamides is 1. The molecular formula is C19H24N2O3S. The molecule has 2 aromatic rings. The van der Waals surface area contributed by atoms with Crippen LogP contribution in [0.3, 0.4) is 0 Å². The predicted molar refractivity (Wildman–Crippen MR) is 98.5 cm³/mol. The first-order valence-corrected chi connectivity index (χ1v) is 9.63. The Hall–Kier alpha value is -2.18. The Bertz CT molecular complexity index is 802. The van der Waals surface area contributed by atoms with Gasteiger partial charge in [-0.15, -0.1) is 0 Å². The van der Waals surface area contributed by atoms with E-state index in [9.17, 15) is 13.2 Å². The Balaban J connectivity index is 2.09. The van der Waals surface area contributed by atoms with Gasteiger partial charge in [-0.2, -0.15) is 4.31 Å². The van der Waals surface area contributed by atoms with Gasteiger partial charge >= 0.3 is 0 Å². The Kier molecular flexibility index (Phi) is 6.33. The van der Waals surface area contributed by atoms with Gasteiger partial charge in [0.05, 0.1) is 11.4 Å². The minimum atomic E-state index is -3.68. The van der Waals surface area contributed by atoms with Gasteiger partial charge < -0.3 is 4.90 Å². The van der Waals surface area contributed by atoms with E-state index in [1.165, 1.54) is 4.31 Å². The quantitative estimate of drug-likeness (QED) is 0.763. The van der Waals surface area contributed by atoms with E-state index < -0.39 is 10.0 Å². The molecule has 0 aliphatic rings. The third kappa shape index (κ3) is 4.90. The van der Waals surface area contributed by atoms with Crippen molar-refractivity contribution in [2.75, 3.05) is 20.1 Å². The number of carbonyl (C=O) groups excluding carboxylic acids is 1. The molecule has 134 valence electrons. The molecule has 2 rings (SSSR count). The molecule has 0 saturated heterocycles. The van der Waals surface area contributed by atoms with E-state index in [-0.39, 0.29) is 23.9 Å². The fraction of sp³-hybridized carbons (Fsp3) is 0.316. The maximum Gasteiger partial charge on any atom is 0.243 e. The third-order valence-electron chi connectivity index (χ3n) is 4.01. The summed E-state index contributed by atoms with van der Waals surface area (Å²) in [5, 5.41) is 0. The van der Waals surface area contributed by atoms with E-state index >= 15 is 0 Å². The van der Waals surface area contributed by atoms with E-state index in [2.05, 4.69) is 0 Å². The minimum Gasteiger partial charge on any atom is -0.340 e. The summed E-state index contributed by atoms with van der Waals surface area (Å²) >= 11 is 0. The molecule has 0 spiro atoms. The standard InChI is InChI=1S/C19H24N2O3S/c1-4-21(25(23,24)18-12-10-16(2)11-13-18)15-19(22)20(3)14-17-8-6-5-7-9-17/h5-13H,4,14-15H2,1-3H3. The number of aryl methyl sites for hydroxylation is 1. The highest BCUT2D eigenvalue weighted by atomic mass is 32.2. The van der Waals surface area contributed by atoms with E-state index in [1.54, 1.807) is 43.1 Å². The number of hydrogen-bond acceptors (Lipinski definition) is 3. The maximum absolute atomic E-state index is 12.7. The van der Waals surface area contributed by atoms with Crippen molar-refractivity contribution < 1.29 is 13.2 Å². The number of nitrogens with zero attached hydrogens (tertiary/aromatic N) is 2. The van der Waals surface area contributed by atoms with Crippen LogP contribution in [-0.2, 0) is 21.4 Å². The highest BCUT2D eigenvalue weighted by molar-refractivity contribution is 7.89. The van der Waals surface area contributed by atoms with E-state index in [1.807, 2.05) is 37.3 Å². The fourth-order valence-electron chi connectivity index (χ4n) is 2.44. The van der Waals surface area contributed by atoms with E-state index in [0.717, 1.165) is 11.1 Å². The SMILES string of the molecule is CCN(CC(=O)N(C)Cc1ccccc1)S(=O)(=O)c1ccc(C)cc1. The molecule has 5 nitrogen and oxygen atoms in total. The Morgan fingerprint density at radius 2 is 1.60 bits per heavy atom. The van der Waals surface area contributed by atoms with Crippen molar-refractivity contribution in [1.82, 2.24) is 9.21 Å². The molecule has 0 aliphatic carbocycles. The molecule has 0 heterocycles. The second-order valence-corrected chi connectivity index (χ2v) is 7.92. The lowest BCUT2D eigenvalue weighted by Gasteiger charge is -2.24. The molecule has 2 aromatic carbocycles. The van der Waals surface area contributed by atoms with Gasteiger partial charge in [-0.25, -0.2) is 8.42 Å². The molecule has 0 N–H and O–H groups in total. The largest absolute Gasteiger partial charge is 0.340 e. The van der Waals surface area contributed by atoms with Gasteiger partial charge in [0.1, 0.15) is 0 Å². The molecule has 0 bridgehead atoms. The van der Waals surface area contributed by atoms with E-state index in [4.69, 9.17) is 0 Å². The van der Waals surface area contributed by atoms with Gasteiger partial charge in [-0.3, -0.25) is 4.79 Å². The first kappa shape index (κ1) is 19.1. The molecule has 0 atom stereocenters. The van der Waals surface area contributed by atoms with E-state index in [0.29, 0.717) is 6.54 Å². The molecular weight excluding hydrogens is 336 g/mol. The summed E-state index contributed by atoms with van der Waals surface area (Å²) in [5.41, 5.74) is 1.99. The van der Waals surface area contributed by atoms with Crippen LogP contribution >= 0.6 is 0 Å². The van der Waals surface area contributed by atoms with Crippen molar-refractivity contribution in [3.05, 3.63) is 65.7 Å². The van der Waals surface area contributed by atoms with Gasteiger partial charge in [-0.05, 0) is 24.6 Å². The average Bonchev–Trinajstić information content (AvgIpc) is 2.60. The summed E-state index contributed by atoms with van der Waals surface area (Å²) in [4.78, 5) is 14.2. The monoisotopic (exact) mass is 360 g/mol. The van der Waals surface area contributed by atoms with Crippen LogP contribution in [0.2, 0.25) is 0 Å². The second kappa shape index (κ2) is 8.27. The smallest absolute Gasteiger partial charge is 0.243 e. The molecule has 0 aromatic heterocycles. The lowest BCUT2D eigenvalue weighted by Crippen LogP contribution is -2.41. The van der Waals surface area contributed by atoms with Gasteiger partial charge in [0.2, 0.25) is 15.9 Å². The maximum atomic E-state index is 12.7.